The van der Waals surface area contributed by atoms with E-state index in [9.17, 15) is 17.6 Å². The van der Waals surface area contributed by atoms with E-state index >= 15 is 4.39 Å². The highest BCUT2D eigenvalue weighted by Crippen LogP contribution is 2.36. The van der Waals surface area contributed by atoms with E-state index in [1.165, 1.54) is 55.3 Å². The van der Waals surface area contributed by atoms with Gasteiger partial charge in [-0.25, -0.2) is 31.3 Å². The smallest absolute Gasteiger partial charge is 0.330 e. The predicted octanol–water partition coefficient (Wildman–Crippen LogP) is 5.90. The van der Waals surface area contributed by atoms with Crippen LogP contribution in [-0.2, 0) is 21.3 Å². The molecule has 0 spiro atoms. The van der Waals surface area contributed by atoms with Gasteiger partial charge < -0.3 is 15.0 Å². The van der Waals surface area contributed by atoms with E-state index in [-0.39, 0.29) is 36.0 Å². The van der Waals surface area contributed by atoms with Gasteiger partial charge in [0.15, 0.2) is 0 Å². The Kier molecular flexibility index (Phi) is 10.3. The normalized spacial score (nSPS) is 19.2. The Morgan fingerprint density at radius 2 is 1.72 bits per heavy atom. The average molecular weight is 672 g/mol. The van der Waals surface area contributed by atoms with Gasteiger partial charge in [-0.1, -0.05) is 12.1 Å². The van der Waals surface area contributed by atoms with Crippen LogP contribution in [0.3, 0.4) is 0 Å². The molecule has 5 rings (SSSR count). The topological polar surface area (TPSA) is 111 Å². The lowest BCUT2D eigenvalue weighted by Crippen LogP contribution is -2.51. The third-order valence-corrected chi connectivity index (χ3v) is 11.0. The van der Waals surface area contributed by atoms with Crippen LogP contribution in [-0.4, -0.2) is 75.4 Å². The van der Waals surface area contributed by atoms with Crippen molar-refractivity contribution in [2.45, 2.75) is 76.4 Å². The summed E-state index contributed by atoms with van der Waals surface area (Å²) in [6.07, 6.45) is 5.86. The highest BCUT2D eigenvalue weighted by Gasteiger charge is 2.37. The molecule has 11 nitrogen and oxygen atoms in total. The maximum atomic E-state index is 15.9. The van der Waals surface area contributed by atoms with Gasteiger partial charge in [-0.05, 0) is 96.4 Å². The number of nitrogens with zero attached hydrogens (tertiary/aromatic N) is 6. The molecule has 2 amide bonds. The van der Waals surface area contributed by atoms with Crippen LogP contribution in [0, 0.1) is 11.6 Å². The van der Waals surface area contributed by atoms with Crippen LogP contribution in [0.25, 0.3) is 0 Å². The van der Waals surface area contributed by atoms with E-state index in [1.54, 1.807) is 11.1 Å². The summed E-state index contributed by atoms with van der Waals surface area (Å²) in [4.78, 5) is 28.4. The number of hydrogen-bond acceptors (Lipinski definition) is 8. The van der Waals surface area contributed by atoms with Gasteiger partial charge in [-0.2, -0.15) is 4.98 Å². The molecule has 1 aliphatic carbocycles. The number of rotatable bonds is 11. The average Bonchev–Trinajstić information content (AvgIpc) is 3.03. The molecule has 254 valence electrons. The molecule has 1 aromatic heterocycles. The monoisotopic (exact) mass is 671 g/mol. The molecule has 47 heavy (non-hydrogen) atoms. The van der Waals surface area contributed by atoms with E-state index < -0.39 is 33.6 Å². The fraction of sp³-hybridized carbons (Fsp3) is 0.485. The van der Waals surface area contributed by atoms with Gasteiger partial charge in [0.1, 0.15) is 29.4 Å². The quantitative estimate of drug-likeness (QED) is 0.251. The zero-order valence-corrected chi connectivity index (χ0v) is 28.5. The summed E-state index contributed by atoms with van der Waals surface area (Å²) >= 11 is 0. The standard InChI is InChI=1S/C33H43F2N7O4S/c1-21(2)42-31-24(18-36-32(38-31)37-26-11-13-27(14-12-26)39(4)5)19-40(33(42)43)28-15-16-30(29(35)17-28)41(20-46-6)47(44,45)22(3)23-7-9-25(34)10-8-23/h7-10,15-18,21-22,26-27H,11-14,19-20H2,1-6H3,(H,36,37,38). The van der Waals surface area contributed by atoms with Gasteiger partial charge in [-0.3, -0.25) is 9.80 Å². The summed E-state index contributed by atoms with van der Waals surface area (Å²) in [5.74, 6) is -0.385. The first-order chi connectivity index (χ1) is 22.3. The van der Waals surface area contributed by atoms with Gasteiger partial charge in [0, 0.05) is 42.7 Å². The van der Waals surface area contributed by atoms with Crippen LogP contribution in [0.4, 0.5) is 36.7 Å². The maximum Gasteiger partial charge on any atom is 0.330 e. The van der Waals surface area contributed by atoms with Crippen molar-refractivity contribution in [3.8, 4) is 0 Å². The fourth-order valence-corrected chi connectivity index (χ4v) is 7.75. The molecule has 3 aromatic rings. The number of nitrogens with one attached hydrogen (secondary N) is 1. The van der Waals surface area contributed by atoms with Gasteiger partial charge in [0.2, 0.25) is 16.0 Å². The number of ether oxygens (including phenoxy) is 1. The molecule has 1 unspecified atom stereocenters. The summed E-state index contributed by atoms with van der Waals surface area (Å²) < 4.78 is 62.6. The van der Waals surface area contributed by atoms with Gasteiger partial charge >= 0.3 is 6.03 Å². The van der Waals surface area contributed by atoms with E-state index in [0.29, 0.717) is 28.9 Å². The van der Waals surface area contributed by atoms with Crippen LogP contribution in [0.15, 0.2) is 48.7 Å². The lowest BCUT2D eigenvalue weighted by atomic mass is 9.91. The summed E-state index contributed by atoms with van der Waals surface area (Å²) in [6.45, 7) is 4.85. The maximum absolute atomic E-state index is 15.9. The summed E-state index contributed by atoms with van der Waals surface area (Å²) in [5.41, 5.74) is 1.04. The number of amides is 2. The van der Waals surface area contributed by atoms with Crippen LogP contribution in [0.1, 0.15) is 62.8 Å². The SMILES string of the molecule is COCN(c1ccc(N2Cc3cnc(NC4CCC(N(C)C)CC4)nc3N(C(C)C)C2=O)cc1F)S(=O)(=O)C(C)c1ccc(F)cc1. The highest BCUT2D eigenvalue weighted by molar-refractivity contribution is 7.93. The molecular weight excluding hydrogens is 628 g/mol. The van der Waals surface area contributed by atoms with Crippen LogP contribution in [0.2, 0.25) is 0 Å². The van der Waals surface area contributed by atoms with Crippen LogP contribution in [0.5, 0.6) is 0 Å². The van der Waals surface area contributed by atoms with Crippen molar-refractivity contribution in [1.82, 2.24) is 14.9 Å². The Hall–Kier alpha value is -3.88. The number of hydrogen-bond donors (Lipinski definition) is 1. The molecule has 1 aliphatic heterocycles. The van der Waals surface area contributed by atoms with Crippen molar-refractivity contribution in [3.05, 3.63) is 71.4 Å². The molecule has 2 aromatic carbocycles. The fourth-order valence-electron chi connectivity index (χ4n) is 6.19. The summed E-state index contributed by atoms with van der Waals surface area (Å²) in [5, 5.41) is 2.33. The minimum Gasteiger partial charge on any atom is -0.363 e. The molecule has 1 saturated carbocycles. The number of benzene rings is 2. The van der Waals surface area contributed by atoms with Crippen molar-refractivity contribution in [1.29, 1.82) is 0 Å². The number of aromatic nitrogens is 2. The molecule has 2 heterocycles. The lowest BCUT2D eigenvalue weighted by molar-refractivity contribution is 0.209. The van der Waals surface area contributed by atoms with E-state index in [1.807, 2.05) is 13.8 Å². The second-order valence-electron chi connectivity index (χ2n) is 12.6. The second-order valence-corrected chi connectivity index (χ2v) is 14.8. The second kappa shape index (κ2) is 14.1. The number of urea groups is 1. The molecule has 14 heteroatoms. The van der Waals surface area contributed by atoms with E-state index in [4.69, 9.17) is 9.72 Å². The summed E-state index contributed by atoms with van der Waals surface area (Å²) in [6, 6.07) is 9.21. The molecule has 0 radical (unpaired) electrons. The molecule has 0 bridgehead atoms. The first-order valence-electron chi connectivity index (χ1n) is 15.8. The first-order valence-corrected chi connectivity index (χ1v) is 17.3. The first kappa shape index (κ1) is 34.5. The highest BCUT2D eigenvalue weighted by atomic mass is 32.2. The predicted molar refractivity (Wildman–Crippen MR) is 179 cm³/mol. The lowest BCUT2D eigenvalue weighted by Gasteiger charge is -2.38. The summed E-state index contributed by atoms with van der Waals surface area (Å²) in [7, 11) is 1.31. The van der Waals surface area contributed by atoms with Crippen LogP contribution < -0.4 is 19.4 Å². The third kappa shape index (κ3) is 7.19. The Labute approximate surface area is 275 Å². The Bertz CT molecular complexity index is 1680. The van der Waals surface area contributed by atoms with E-state index in [0.717, 1.165) is 36.1 Å². The van der Waals surface area contributed by atoms with Gasteiger partial charge in [0.25, 0.3) is 0 Å². The van der Waals surface area contributed by atoms with Gasteiger partial charge in [0.05, 0.1) is 12.2 Å². The van der Waals surface area contributed by atoms with Crippen LogP contribution >= 0.6 is 0 Å². The number of carbonyl (C=O) groups is 1. The number of anilines is 4. The number of fused-ring (bicyclic) bond motifs is 1. The molecule has 1 atom stereocenters. The number of carbonyl (C=O) groups excluding carboxylic acids is 1. The number of halogens is 2. The molecule has 1 N–H and O–H groups in total. The third-order valence-electron chi connectivity index (χ3n) is 8.96. The van der Waals surface area contributed by atoms with Gasteiger partial charge in [-0.15, -0.1) is 0 Å². The Morgan fingerprint density at radius 3 is 2.32 bits per heavy atom. The number of sulfonamides is 1. The Morgan fingerprint density at radius 1 is 1.04 bits per heavy atom. The van der Waals surface area contributed by atoms with Crippen molar-refractivity contribution >= 4 is 39.2 Å². The zero-order valence-electron chi connectivity index (χ0n) is 27.7. The molecule has 1 fully saturated rings. The van der Waals surface area contributed by atoms with Crippen molar-refractivity contribution in [2.24, 2.45) is 0 Å². The molecule has 2 aliphatic rings. The molecule has 0 saturated heterocycles. The Balaban J connectivity index is 1.39. The zero-order chi connectivity index (χ0) is 34.0. The number of methoxy groups -OCH3 is 1. The van der Waals surface area contributed by atoms with Crippen molar-refractivity contribution < 1.29 is 26.7 Å². The largest absolute Gasteiger partial charge is 0.363 e. The van der Waals surface area contributed by atoms with Crippen molar-refractivity contribution in [3.63, 3.8) is 0 Å². The minimum absolute atomic E-state index is 0.103. The molecular formula is C33H43F2N7O4S. The minimum atomic E-state index is -4.20. The van der Waals surface area contributed by atoms with Crippen molar-refractivity contribution in [2.75, 3.05) is 47.4 Å². The van der Waals surface area contributed by atoms with E-state index in [2.05, 4.69) is 29.3 Å².